The average Bonchev–Trinajstić information content (AvgIpc) is 3.06. The molecular weight excluding hydrogens is 394 g/mol. The number of benzene rings is 2. The van der Waals surface area contributed by atoms with Crippen LogP contribution in [-0.4, -0.2) is 31.3 Å². The van der Waals surface area contributed by atoms with Crippen molar-refractivity contribution >= 4 is 29.0 Å². The van der Waals surface area contributed by atoms with E-state index in [1.807, 2.05) is 31.2 Å². The number of anilines is 1. The second kappa shape index (κ2) is 9.20. The van der Waals surface area contributed by atoms with Crippen LogP contribution < -0.4 is 10.1 Å². The summed E-state index contributed by atoms with van der Waals surface area (Å²) >= 11 is 1.22. The Hall–Kier alpha value is -3.40. The standard InChI is InChI=1S/C19H19N5O4S/c1-13-6-8-16(9-7-13)28-11-17-21-22-19(23(17)2)29-12-18(25)20-14-4-3-5-15(10-14)24(26)27/h3-10H,11-12H2,1-2H3,(H,20,25). The molecule has 0 radical (unpaired) electrons. The van der Waals surface area contributed by atoms with Crippen molar-refractivity contribution in [2.45, 2.75) is 18.7 Å². The van der Waals surface area contributed by atoms with Crippen LogP contribution in [0.5, 0.6) is 5.75 Å². The summed E-state index contributed by atoms with van der Waals surface area (Å²) in [6, 6.07) is 13.5. The van der Waals surface area contributed by atoms with E-state index in [1.165, 1.54) is 30.0 Å². The summed E-state index contributed by atoms with van der Waals surface area (Å²) in [6.45, 7) is 2.26. The molecule has 0 saturated heterocycles. The molecule has 0 unspecified atom stereocenters. The molecule has 150 valence electrons. The van der Waals surface area contributed by atoms with Crippen LogP contribution in [0.3, 0.4) is 0 Å². The van der Waals surface area contributed by atoms with Crippen LogP contribution in [0.2, 0.25) is 0 Å². The molecule has 1 N–H and O–H groups in total. The van der Waals surface area contributed by atoms with Gasteiger partial charge in [-0.2, -0.15) is 0 Å². The quantitative estimate of drug-likeness (QED) is 0.342. The highest BCUT2D eigenvalue weighted by molar-refractivity contribution is 7.99. The van der Waals surface area contributed by atoms with Crippen LogP contribution in [0.1, 0.15) is 11.4 Å². The monoisotopic (exact) mass is 413 g/mol. The highest BCUT2D eigenvalue weighted by Crippen LogP contribution is 2.20. The van der Waals surface area contributed by atoms with Crippen molar-refractivity contribution in [3.8, 4) is 5.75 Å². The van der Waals surface area contributed by atoms with E-state index in [0.717, 1.165) is 11.3 Å². The molecule has 0 spiro atoms. The summed E-state index contributed by atoms with van der Waals surface area (Å²) < 4.78 is 7.47. The van der Waals surface area contributed by atoms with Crippen LogP contribution in [0.25, 0.3) is 0 Å². The Labute approximate surface area is 171 Å². The van der Waals surface area contributed by atoms with Gasteiger partial charge in [-0.1, -0.05) is 35.5 Å². The van der Waals surface area contributed by atoms with Crippen LogP contribution in [-0.2, 0) is 18.4 Å². The molecule has 0 bridgehead atoms. The molecule has 0 aliphatic heterocycles. The summed E-state index contributed by atoms with van der Waals surface area (Å²) in [4.78, 5) is 22.4. The molecule has 1 amide bonds. The minimum Gasteiger partial charge on any atom is -0.486 e. The number of nitro groups is 1. The zero-order chi connectivity index (χ0) is 20.8. The fourth-order valence-corrected chi connectivity index (χ4v) is 3.13. The van der Waals surface area contributed by atoms with Gasteiger partial charge in [0.15, 0.2) is 11.0 Å². The maximum Gasteiger partial charge on any atom is 0.271 e. The third-order valence-electron chi connectivity index (χ3n) is 3.99. The highest BCUT2D eigenvalue weighted by atomic mass is 32.2. The van der Waals surface area contributed by atoms with Gasteiger partial charge in [0, 0.05) is 24.9 Å². The third-order valence-corrected chi connectivity index (χ3v) is 5.01. The summed E-state index contributed by atoms with van der Waals surface area (Å²) in [7, 11) is 1.80. The summed E-state index contributed by atoms with van der Waals surface area (Å²) in [6.07, 6.45) is 0. The molecule has 29 heavy (non-hydrogen) atoms. The number of non-ortho nitro benzene ring substituents is 1. The molecule has 3 aromatic rings. The number of aromatic nitrogens is 3. The van der Waals surface area contributed by atoms with E-state index in [4.69, 9.17) is 4.74 Å². The van der Waals surface area contributed by atoms with Crippen LogP contribution in [0.4, 0.5) is 11.4 Å². The number of rotatable bonds is 8. The van der Waals surface area contributed by atoms with E-state index in [1.54, 1.807) is 17.7 Å². The number of thioether (sulfide) groups is 1. The smallest absolute Gasteiger partial charge is 0.271 e. The lowest BCUT2D eigenvalue weighted by Gasteiger charge is -2.07. The normalized spacial score (nSPS) is 10.6. The second-order valence-electron chi connectivity index (χ2n) is 6.20. The third kappa shape index (κ3) is 5.55. The van der Waals surface area contributed by atoms with Gasteiger partial charge in [-0.3, -0.25) is 14.9 Å². The van der Waals surface area contributed by atoms with Crippen LogP contribution >= 0.6 is 11.8 Å². The van der Waals surface area contributed by atoms with Crippen molar-refractivity contribution in [1.29, 1.82) is 0 Å². The number of ether oxygens (including phenoxy) is 1. The first kappa shape index (κ1) is 20.3. The van der Waals surface area contributed by atoms with Crippen molar-refractivity contribution in [3.05, 3.63) is 70.0 Å². The number of hydrogen-bond acceptors (Lipinski definition) is 7. The van der Waals surface area contributed by atoms with Gasteiger partial charge in [0.2, 0.25) is 5.91 Å². The van der Waals surface area contributed by atoms with E-state index in [0.29, 0.717) is 16.7 Å². The van der Waals surface area contributed by atoms with E-state index < -0.39 is 4.92 Å². The molecule has 0 fully saturated rings. The number of aryl methyl sites for hydroxylation is 1. The minimum absolute atomic E-state index is 0.0815. The number of nitrogens with one attached hydrogen (secondary N) is 1. The Balaban J connectivity index is 1.53. The van der Waals surface area contributed by atoms with Gasteiger partial charge in [0.1, 0.15) is 12.4 Å². The fourth-order valence-electron chi connectivity index (χ4n) is 2.40. The van der Waals surface area contributed by atoms with Crippen molar-refractivity contribution < 1.29 is 14.5 Å². The van der Waals surface area contributed by atoms with Gasteiger partial charge in [-0.25, -0.2) is 0 Å². The number of amides is 1. The van der Waals surface area contributed by atoms with Gasteiger partial charge in [0.05, 0.1) is 10.7 Å². The lowest BCUT2D eigenvalue weighted by atomic mass is 10.2. The minimum atomic E-state index is -0.510. The first-order valence-corrected chi connectivity index (χ1v) is 9.66. The number of nitro benzene ring substituents is 1. The van der Waals surface area contributed by atoms with E-state index >= 15 is 0 Å². The largest absolute Gasteiger partial charge is 0.486 e. The van der Waals surface area contributed by atoms with E-state index in [9.17, 15) is 14.9 Å². The summed E-state index contributed by atoms with van der Waals surface area (Å²) in [5, 5.41) is 22.2. The molecule has 1 heterocycles. The SMILES string of the molecule is Cc1ccc(OCc2nnc(SCC(=O)Nc3cccc([N+](=O)[O-])c3)n2C)cc1. The molecule has 2 aromatic carbocycles. The number of hydrogen-bond donors (Lipinski definition) is 1. The number of carbonyl (C=O) groups is 1. The Bertz CT molecular complexity index is 1020. The molecule has 9 nitrogen and oxygen atoms in total. The Kier molecular flexibility index (Phi) is 6.45. The molecule has 10 heteroatoms. The Morgan fingerprint density at radius 2 is 2.00 bits per heavy atom. The molecule has 0 aliphatic rings. The van der Waals surface area contributed by atoms with E-state index in [-0.39, 0.29) is 24.0 Å². The maximum atomic E-state index is 12.1. The molecule has 0 aliphatic carbocycles. The average molecular weight is 413 g/mol. The Morgan fingerprint density at radius 1 is 1.24 bits per heavy atom. The van der Waals surface area contributed by atoms with Crippen molar-refractivity contribution in [3.63, 3.8) is 0 Å². The van der Waals surface area contributed by atoms with Crippen molar-refractivity contribution in [2.24, 2.45) is 7.05 Å². The predicted molar refractivity (Wildman–Crippen MR) is 109 cm³/mol. The van der Waals surface area contributed by atoms with Gasteiger partial charge < -0.3 is 14.6 Å². The van der Waals surface area contributed by atoms with E-state index in [2.05, 4.69) is 15.5 Å². The van der Waals surface area contributed by atoms with Crippen LogP contribution in [0.15, 0.2) is 53.7 Å². The summed E-state index contributed by atoms with van der Waals surface area (Å²) in [5.74, 6) is 1.17. The lowest BCUT2D eigenvalue weighted by Crippen LogP contribution is -2.14. The van der Waals surface area contributed by atoms with Gasteiger partial charge in [-0.05, 0) is 25.1 Å². The predicted octanol–water partition coefficient (Wildman–Crippen LogP) is 3.34. The van der Waals surface area contributed by atoms with Gasteiger partial charge >= 0.3 is 0 Å². The fraction of sp³-hybridized carbons (Fsp3) is 0.211. The van der Waals surface area contributed by atoms with Crippen LogP contribution in [0, 0.1) is 17.0 Å². The summed E-state index contributed by atoms with van der Waals surface area (Å²) in [5.41, 5.74) is 1.44. The molecular formula is C19H19N5O4S. The zero-order valence-corrected chi connectivity index (χ0v) is 16.7. The van der Waals surface area contributed by atoms with Crippen molar-refractivity contribution in [1.82, 2.24) is 14.8 Å². The van der Waals surface area contributed by atoms with Gasteiger partial charge in [0.25, 0.3) is 5.69 Å². The van der Waals surface area contributed by atoms with Crippen molar-refractivity contribution in [2.75, 3.05) is 11.1 Å². The number of carbonyl (C=O) groups excluding carboxylic acids is 1. The van der Waals surface area contributed by atoms with Gasteiger partial charge in [-0.15, -0.1) is 10.2 Å². The first-order chi connectivity index (χ1) is 13.9. The zero-order valence-electron chi connectivity index (χ0n) is 15.9. The Morgan fingerprint density at radius 3 is 2.72 bits per heavy atom. The topological polar surface area (TPSA) is 112 Å². The molecule has 1 aromatic heterocycles. The highest BCUT2D eigenvalue weighted by Gasteiger charge is 2.13. The second-order valence-corrected chi connectivity index (χ2v) is 7.15. The number of nitrogens with zero attached hydrogens (tertiary/aromatic N) is 4. The molecule has 0 atom stereocenters. The first-order valence-electron chi connectivity index (χ1n) is 8.67. The lowest BCUT2D eigenvalue weighted by molar-refractivity contribution is -0.384. The molecule has 3 rings (SSSR count). The maximum absolute atomic E-state index is 12.1. The molecule has 0 saturated carbocycles.